The Morgan fingerprint density at radius 2 is 2.36 bits per heavy atom. The van der Waals surface area contributed by atoms with Crippen molar-refractivity contribution < 1.29 is 5.11 Å². The summed E-state index contributed by atoms with van der Waals surface area (Å²) >= 11 is 0. The maximum atomic E-state index is 9.63. The van der Waals surface area contributed by atoms with Crippen LogP contribution in [0, 0.1) is 11.3 Å². The molecule has 0 saturated heterocycles. The lowest BCUT2D eigenvalue weighted by molar-refractivity contribution is 0.101. The lowest BCUT2D eigenvalue weighted by Gasteiger charge is -2.16. The predicted molar refractivity (Wildman–Crippen MR) is 42.8 cm³/mol. The van der Waals surface area contributed by atoms with E-state index in [9.17, 15) is 5.11 Å². The molecule has 1 unspecified atom stereocenters. The number of hydrogen-bond acceptors (Lipinski definition) is 2. The summed E-state index contributed by atoms with van der Waals surface area (Å²) in [4.78, 5) is 0. The third-order valence-corrected chi connectivity index (χ3v) is 2.01. The fourth-order valence-electron chi connectivity index (χ4n) is 1.41. The average Bonchev–Trinajstić information content (AvgIpc) is 2.10. The second kappa shape index (κ2) is 3.06. The molecule has 0 bridgehead atoms. The summed E-state index contributed by atoms with van der Waals surface area (Å²) in [5.74, 6) is 0. The largest absolute Gasteiger partial charge is 0.386 e. The Kier molecular flexibility index (Phi) is 2.31. The number of allylic oxidation sites excluding steroid dienone is 1. The summed E-state index contributed by atoms with van der Waals surface area (Å²) in [6, 6.07) is 2.10. The lowest BCUT2D eigenvalue weighted by atomic mass is 10.0. The van der Waals surface area contributed by atoms with E-state index in [4.69, 9.17) is 5.26 Å². The minimum atomic E-state index is -0.748. The topological polar surface area (TPSA) is 44.0 Å². The SMILES string of the molecule is CC1(O)C=C(C#N)CCCC1. The molecule has 0 fully saturated rings. The lowest BCUT2D eigenvalue weighted by Crippen LogP contribution is -2.19. The number of nitrogens with zero attached hydrogens (tertiary/aromatic N) is 1. The third-order valence-electron chi connectivity index (χ3n) is 2.01. The van der Waals surface area contributed by atoms with Crippen LogP contribution >= 0.6 is 0 Å². The van der Waals surface area contributed by atoms with Crippen molar-refractivity contribution in [1.82, 2.24) is 0 Å². The molecule has 1 aliphatic rings. The monoisotopic (exact) mass is 151 g/mol. The second-order valence-electron chi connectivity index (χ2n) is 3.35. The molecule has 2 nitrogen and oxygen atoms in total. The average molecular weight is 151 g/mol. The van der Waals surface area contributed by atoms with Gasteiger partial charge in [0.15, 0.2) is 0 Å². The standard InChI is InChI=1S/C9H13NO/c1-9(11)5-3-2-4-8(6-9)7-10/h6,11H,2-5H2,1H3. The van der Waals surface area contributed by atoms with E-state index in [1.807, 2.05) is 0 Å². The first-order valence-electron chi connectivity index (χ1n) is 3.98. The van der Waals surface area contributed by atoms with Crippen LogP contribution in [0.4, 0.5) is 0 Å². The van der Waals surface area contributed by atoms with Gasteiger partial charge in [-0.3, -0.25) is 0 Å². The second-order valence-corrected chi connectivity index (χ2v) is 3.35. The maximum absolute atomic E-state index is 9.63. The van der Waals surface area contributed by atoms with Crippen molar-refractivity contribution in [3.63, 3.8) is 0 Å². The van der Waals surface area contributed by atoms with E-state index in [0.717, 1.165) is 31.3 Å². The van der Waals surface area contributed by atoms with Gasteiger partial charge in [0.2, 0.25) is 0 Å². The van der Waals surface area contributed by atoms with Crippen LogP contribution < -0.4 is 0 Å². The number of rotatable bonds is 0. The van der Waals surface area contributed by atoms with Gasteiger partial charge in [0, 0.05) is 5.57 Å². The Labute approximate surface area is 67.2 Å². The molecule has 0 aromatic carbocycles. The Balaban J connectivity index is 2.78. The molecular weight excluding hydrogens is 138 g/mol. The summed E-state index contributed by atoms with van der Waals surface area (Å²) in [6.07, 6.45) is 5.33. The van der Waals surface area contributed by atoms with Crippen molar-refractivity contribution in [2.24, 2.45) is 0 Å². The molecule has 1 N–H and O–H groups in total. The van der Waals surface area contributed by atoms with Gasteiger partial charge in [-0.1, -0.05) is 0 Å². The van der Waals surface area contributed by atoms with E-state index in [1.165, 1.54) is 0 Å². The highest BCUT2D eigenvalue weighted by Gasteiger charge is 2.20. The first kappa shape index (κ1) is 8.29. The summed E-state index contributed by atoms with van der Waals surface area (Å²) in [6.45, 7) is 1.76. The first-order chi connectivity index (χ1) is 5.14. The molecule has 60 valence electrons. The van der Waals surface area contributed by atoms with Crippen molar-refractivity contribution in [2.75, 3.05) is 0 Å². The first-order valence-corrected chi connectivity index (χ1v) is 3.98. The molecule has 0 aromatic rings. The van der Waals surface area contributed by atoms with Crippen LogP contribution in [0.3, 0.4) is 0 Å². The Morgan fingerprint density at radius 1 is 1.64 bits per heavy atom. The highest BCUT2D eigenvalue weighted by Crippen LogP contribution is 2.24. The van der Waals surface area contributed by atoms with Gasteiger partial charge in [-0.15, -0.1) is 0 Å². The summed E-state index contributed by atoms with van der Waals surface area (Å²) in [5, 5.41) is 18.2. The number of nitriles is 1. The molecule has 0 heterocycles. The number of aliphatic hydroxyl groups is 1. The molecule has 1 rings (SSSR count). The maximum Gasteiger partial charge on any atom is 0.0944 e. The van der Waals surface area contributed by atoms with Gasteiger partial charge in [-0.25, -0.2) is 0 Å². The van der Waals surface area contributed by atoms with Crippen molar-refractivity contribution in [3.05, 3.63) is 11.6 Å². The summed E-state index contributed by atoms with van der Waals surface area (Å²) in [7, 11) is 0. The molecule has 0 aliphatic heterocycles. The molecule has 0 radical (unpaired) electrons. The van der Waals surface area contributed by atoms with Crippen LogP contribution in [0.2, 0.25) is 0 Å². The zero-order valence-electron chi connectivity index (χ0n) is 6.80. The van der Waals surface area contributed by atoms with Gasteiger partial charge < -0.3 is 5.11 Å². The molecule has 0 saturated carbocycles. The Bertz CT molecular complexity index is 210. The van der Waals surface area contributed by atoms with Crippen molar-refractivity contribution in [2.45, 2.75) is 38.2 Å². The fraction of sp³-hybridized carbons (Fsp3) is 0.667. The van der Waals surface area contributed by atoms with Crippen molar-refractivity contribution in [3.8, 4) is 6.07 Å². The van der Waals surface area contributed by atoms with E-state index < -0.39 is 5.60 Å². The van der Waals surface area contributed by atoms with Crippen LogP contribution in [-0.2, 0) is 0 Å². The Morgan fingerprint density at radius 3 is 3.00 bits per heavy atom. The zero-order chi connectivity index (χ0) is 8.32. The van der Waals surface area contributed by atoms with Crippen LogP contribution in [0.5, 0.6) is 0 Å². The minimum absolute atomic E-state index is 0.729. The van der Waals surface area contributed by atoms with Gasteiger partial charge >= 0.3 is 0 Å². The molecule has 11 heavy (non-hydrogen) atoms. The molecular formula is C9H13NO. The van der Waals surface area contributed by atoms with Crippen molar-refractivity contribution >= 4 is 0 Å². The van der Waals surface area contributed by atoms with E-state index in [1.54, 1.807) is 13.0 Å². The molecule has 1 aliphatic carbocycles. The van der Waals surface area contributed by atoms with Crippen LogP contribution in [0.1, 0.15) is 32.6 Å². The predicted octanol–water partition coefficient (Wildman–Crippen LogP) is 1.76. The smallest absolute Gasteiger partial charge is 0.0944 e. The summed E-state index contributed by atoms with van der Waals surface area (Å²) < 4.78 is 0. The highest BCUT2D eigenvalue weighted by molar-refractivity contribution is 5.25. The van der Waals surface area contributed by atoms with Gasteiger partial charge in [-0.05, 0) is 38.7 Å². The van der Waals surface area contributed by atoms with Crippen molar-refractivity contribution in [1.29, 1.82) is 5.26 Å². The third kappa shape index (κ3) is 2.36. The Hall–Kier alpha value is -0.810. The van der Waals surface area contributed by atoms with E-state index >= 15 is 0 Å². The minimum Gasteiger partial charge on any atom is -0.386 e. The molecule has 1 atom stereocenters. The van der Waals surface area contributed by atoms with Gasteiger partial charge in [0.1, 0.15) is 0 Å². The van der Waals surface area contributed by atoms with Gasteiger partial charge in [0.05, 0.1) is 11.7 Å². The molecule has 0 spiro atoms. The van der Waals surface area contributed by atoms with E-state index in [2.05, 4.69) is 6.07 Å². The molecule has 0 aromatic heterocycles. The van der Waals surface area contributed by atoms with Gasteiger partial charge in [0.25, 0.3) is 0 Å². The fourth-order valence-corrected chi connectivity index (χ4v) is 1.41. The number of hydrogen-bond donors (Lipinski definition) is 1. The van der Waals surface area contributed by atoms with E-state index in [0.29, 0.717) is 0 Å². The van der Waals surface area contributed by atoms with Crippen LogP contribution in [0.15, 0.2) is 11.6 Å². The van der Waals surface area contributed by atoms with Crippen LogP contribution in [-0.4, -0.2) is 10.7 Å². The van der Waals surface area contributed by atoms with Crippen LogP contribution in [0.25, 0.3) is 0 Å². The highest BCUT2D eigenvalue weighted by atomic mass is 16.3. The molecule has 2 heteroatoms. The quantitative estimate of drug-likeness (QED) is 0.573. The summed E-state index contributed by atoms with van der Waals surface area (Å²) in [5.41, 5.74) is -0.0193. The molecule has 0 amide bonds. The van der Waals surface area contributed by atoms with E-state index in [-0.39, 0.29) is 0 Å². The normalized spacial score (nSPS) is 31.9. The zero-order valence-corrected chi connectivity index (χ0v) is 6.80. The van der Waals surface area contributed by atoms with Gasteiger partial charge in [-0.2, -0.15) is 5.26 Å².